The zero-order chi connectivity index (χ0) is 17.8. The van der Waals surface area contributed by atoms with Crippen molar-refractivity contribution in [1.29, 1.82) is 0 Å². The molecule has 2 N–H and O–H groups in total. The van der Waals surface area contributed by atoms with Gasteiger partial charge in [-0.3, -0.25) is 0 Å². The minimum Gasteiger partial charge on any atom is -0.336 e. The predicted octanol–water partition coefficient (Wildman–Crippen LogP) is 4.12. The fourth-order valence-electron chi connectivity index (χ4n) is 2.48. The molecule has 128 valence electrons. The summed E-state index contributed by atoms with van der Waals surface area (Å²) in [6, 6.07) is 11.8. The maximum Gasteiger partial charge on any atom is 0.320 e. The number of nitrogens with zero attached hydrogens (tertiary/aromatic N) is 2. The summed E-state index contributed by atoms with van der Waals surface area (Å²) in [5.41, 5.74) is 0.914. The number of hydrogen-bond donors (Lipinski definition) is 2. The van der Waals surface area contributed by atoms with Crippen LogP contribution in [-0.4, -0.2) is 15.6 Å². The van der Waals surface area contributed by atoms with Crippen molar-refractivity contribution in [3.8, 4) is 0 Å². The molecule has 0 saturated heterocycles. The summed E-state index contributed by atoms with van der Waals surface area (Å²) in [7, 11) is 1.79. The Labute approximate surface area is 149 Å². The van der Waals surface area contributed by atoms with Crippen LogP contribution in [0.5, 0.6) is 0 Å². The zero-order valence-electron chi connectivity index (χ0n) is 13.4. The van der Waals surface area contributed by atoms with E-state index in [9.17, 15) is 9.18 Å². The Kier molecular flexibility index (Phi) is 5.00. The number of aromatic nitrogens is 2. The van der Waals surface area contributed by atoms with Crippen LogP contribution in [0.25, 0.3) is 0 Å². The first-order chi connectivity index (χ1) is 12.0. The lowest BCUT2D eigenvalue weighted by Gasteiger charge is -2.20. The first kappa shape index (κ1) is 17.0. The van der Waals surface area contributed by atoms with Crippen LogP contribution in [0.2, 0.25) is 5.02 Å². The molecule has 1 unspecified atom stereocenters. The third kappa shape index (κ3) is 3.97. The molecule has 7 heteroatoms. The molecule has 0 spiro atoms. The van der Waals surface area contributed by atoms with Crippen LogP contribution in [0, 0.1) is 5.82 Å². The number of rotatable bonds is 4. The first-order valence-electron chi connectivity index (χ1n) is 7.59. The summed E-state index contributed by atoms with van der Waals surface area (Å²) >= 11 is 5.83. The van der Waals surface area contributed by atoms with Gasteiger partial charge in [0.1, 0.15) is 17.7 Å². The largest absolute Gasteiger partial charge is 0.336 e. The second-order valence-corrected chi connectivity index (χ2v) is 5.89. The maximum absolute atomic E-state index is 14.3. The SMILES string of the molecule is Cn1ccnc1C(NC(=O)Nc1ccc(Cl)cc1)c1ccccc1F. The fourth-order valence-corrected chi connectivity index (χ4v) is 2.60. The Morgan fingerprint density at radius 1 is 1.20 bits per heavy atom. The highest BCUT2D eigenvalue weighted by atomic mass is 35.5. The first-order valence-corrected chi connectivity index (χ1v) is 7.97. The fraction of sp³-hybridized carbons (Fsp3) is 0.111. The number of amides is 2. The van der Waals surface area contributed by atoms with E-state index in [4.69, 9.17) is 11.6 Å². The molecule has 0 aliphatic carbocycles. The minimum atomic E-state index is -0.728. The topological polar surface area (TPSA) is 59.0 Å². The number of hydrogen-bond acceptors (Lipinski definition) is 2. The Morgan fingerprint density at radius 3 is 2.56 bits per heavy atom. The number of carbonyl (C=O) groups excluding carboxylic acids is 1. The van der Waals surface area contributed by atoms with Gasteiger partial charge in [0.2, 0.25) is 0 Å². The number of imidazole rings is 1. The molecule has 2 amide bonds. The summed E-state index contributed by atoms with van der Waals surface area (Å²) in [6.45, 7) is 0. The van der Waals surface area contributed by atoms with E-state index in [1.165, 1.54) is 6.07 Å². The quantitative estimate of drug-likeness (QED) is 0.737. The number of halogens is 2. The van der Waals surface area contributed by atoms with E-state index in [2.05, 4.69) is 15.6 Å². The average molecular weight is 359 g/mol. The highest BCUT2D eigenvalue weighted by Crippen LogP contribution is 2.23. The van der Waals surface area contributed by atoms with Gasteiger partial charge in [-0.25, -0.2) is 14.2 Å². The van der Waals surface area contributed by atoms with Gasteiger partial charge in [-0.05, 0) is 30.3 Å². The Morgan fingerprint density at radius 2 is 1.92 bits per heavy atom. The normalized spacial score (nSPS) is 11.8. The number of nitrogens with one attached hydrogen (secondary N) is 2. The molecule has 1 aromatic heterocycles. The van der Waals surface area contributed by atoms with Crippen molar-refractivity contribution in [1.82, 2.24) is 14.9 Å². The van der Waals surface area contributed by atoms with Crippen molar-refractivity contribution >= 4 is 23.3 Å². The van der Waals surface area contributed by atoms with Crippen LogP contribution in [-0.2, 0) is 7.05 Å². The standard InChI is InChI=1S/C18H16ClFN4O/c1-24-11-10-21-17(24)16(14-4-2-3-5-15(14)20)23-18(25)22-13-8-6-12(19)7-9-13/h2-11,16H,1H3,(H2,22,23,25). The zero-order valence-corrected chi connectivity index (χ0v) is 14.2. The van der Waals surface area contributed by atoms with Gasteiger partial charge < -0.3 is 15.2 Å². The number of carbonyl (C=O) groups is 1. The van der Waals surface area contributed by atoms with Crippen molar-refractivity contribution in [2.45, 2.75) is 6.04 Å². The molecule has 5 nitrogen and oxygen atoms in total. The molecule has 2 aromatic carbocycles. The van der Waals surface area contributed by atoms with Gasteiger partial charge in [-0.2, -0.15) is 0 Å². The van der Waals surface area contributed by atoms with E-state index in [1.54, 1.807) is 66.5 Å². The number of aryl methyl sites for hydroxylation is 1. The van der Waals surface area contributed by atoms with Gasteiger partial charge >= 0.3 is 6.03 Å². The van der Waals surface area contributed by atoms with Gasteiger partial charge in [0, 0.05) is 35.7 Å². The van der Waals surface area contributed by atoms with Gasteiger partial charge in [-0.15, -0.1) is 0 Å². The van der Waals surface area contributed by atoms with Gasteiger partial charge in [0.25, 0.3) is 0 Å². The van der Waals surface area contributed by atoms with Crippen molar-refractivity contribution in [2.75, 3.05) is 5.32 Å². The van der Waals surface area contributed by atoms with Crippen LogP contribution in [0.15, 0.2) is 60.9 Å². The van der Waals surface area contributed by atoms with Crippen LogP contribution in [0.3, 0.4) is 0 Å². The summed E-state index contributed by atoms with van der Waals surface area (Å²) in [6.07, 6.45) is 3.34. The van der Waals surface area contributed by atoms with Gasteiger partial charge in [-0.1, -0.05) is 29.8 Å². The molecular formula is C18H16ClFN4O. The van der Waals surface area contributed by atoms with Crippen LogP contribution in [0.4, 0.5) is 14.9 Å². The lowest BCUT2D eigenvalue weighted by molar-refractivity contribution is 0.249. The molecule has 0 saturated carbocycles. The molecule has 0 radical (unpaired) electrons. The number of urea groups is 1. The third-order valence-electron chi connectivity index (χ3n) is 3.71. The molecule has 1 heterocycles. The average Bonchev–Trinajstić information content (AvgIpc) is 3.01. The monoisotopic (exact) mass is 358 g/mol. The van der Waals surface area contributed by atoms with Crippen LogP contribution >= 0.6 is 11.6 Å². The van der Waals surface area contributed by atoms with E-state index < -0.39 is 17.9 Å². The summed E-state index contributed by atoms with van der Waals surface area (Å²) in [5, 5.41) is 6.05. The third-order valence-corrected chi connectivity index (χ3v) is 3.96. The Balaban J connectivity index is 1.85. The van der Waals surface area contributed by atoms with E-state index in [-0.39, 0.29) is 0 Å². The van der Waals surface area contributed by atoms with Crippen LogP contribution in [0.1, 0.15) is 17.4 Å². The van der Waals surface area contributed by atoms with Crippen molar-refractivity contribution in [3.63, 3.8) is 0 Å². The molecule has 0 bridgehead atoms. The molecule has 3 aromatic rings. The molecule has 1 atom stereocenters. The van der Waals surface area contributed by atoms with Crippen molar-refractivity contribution in [3.05, 3.63) is 83.2 Å². The highest BCUT2D eigenvalue weighted by molar-refractivity contribution is 6.30. The number of benzene rings is 2. The van der Waals surface area contributed by atoms with Crippen molar-refractivity contribution < 1.29 is 9.18 Å². The lowest BCUT2D eigenvalue weighted by Crippen LogP contribution is -2.35. The predicted molar refractivity (Wildman–Crippen MR) is 95.1 cm³/mol. The Bertz CT molecular complexity index is 879. The van der Waals surface area contributed by atoms with E-state index in [0.29, 0.717) is 22.1 Å². The Hall–Kier alpha value is -2.86. The summed E-state index contributed by atoms with van der Waals surface area (Å²) in [5.74, 6) is 0.110. The smallest absolute Gasteiger partial charge is 0.320 e. The molecule has 0 aliphatic rings. The summed E-state index contributed by atoms with van der Waals surface area (Å²) < 4.78 is 16.0. The molecule has 25 heavy (non-hydrogen) atoms. The molecule has 3 rings (SSSR count). The molecular weight excluding hydrogens is 343 g/mol. The number of anilines is 1. The highest BCUT2D eigenvalue weighted by Gasteiger charge is 2.23. The van der Waals surface area contributed by atoms with Crippen molar-refractivity contribution in [2.24, 2.45) is 7.05 Å². The van der Waals surface area contributed by atoms with Gasteiger partial charge in [0.15, 0.2) is 0 Å². The summed E-state index contributed by atoms with van der Waals surface area (Å²) in [4.78, 5) is 16.6. The maximum atomic E-state index is 14.3. The molecule has 0 fully saturated rings. The van der Waals surface area contributed by atoms with Gasteiger partial charge in [0.05, 0.1) is 0 Å². The minimum absolute atomic E-state index is 0.336. The molecule has 0 aliphatic heterocycles. The van der Waals surface area contributed by atoms with E-state index >= 15 is 0 Å². The van der Waals surface area contributed by atoms with E-state index in [1.807, 2.05) is 0 Å². The van der Waals surface area contributed by atoms with E-state index in [0.717, 1.165) is 0 Å². The second-order valence-electron chi connectivity index (χ2n) is 5.46. The second kappa shape index (κ2) is 7.36. The lowest BCUT2D eigenvalue weighted by atomic mass is 10.1. The van der Waals surface area contributed by atoms with Crippen LogP contribution < -0.4 is 10.6 Å².